The highest BCUT2D eigenvalue weighted by Crippen LogP contribution is 2.29. The van der Waals surface area contributed by atoms with E-state index in [0.29, 0.717) is 28.6 Å². The Morgan fingerprint density at radius 3 is 2.77 bits per heavy atom. The van der Waals surface area contributed by atoms with Crippen molar-refractivity contribution in [2.24, 2.45) is 5.92 Å². The monoisotopic (exact) mass is 368 g/mol. The second kappa shape index (κ2) is 6.96. The molecule has 1 heterocycles. The largest absolute Gasteiger partial charge is 0.477 e. The van der Waals surface area contributed by atoms with Crippen molar-refractivity contribution in [2.75, 3.05) is 6.61 Å². The Morgan fingerprint density at radius 2 is 2.09 bits per heavy atom. The predicted molar refractivity (Wildman–Crippen MR) is 85.9 cm³/mol. The third-order valence-corrected chi connectivity index (χ3v) is 4.88. The van der Waals surface area contributed by atoms with Crippen molar-refractivity contribution in [3.63, 3.8) is 0 Å². The van der Waals surface area contributed by atoms with Gasteiger partial charge in [0.25, 0.3) is 5.91 Å². The molecule has 0 unspecified atom stereocenters. The number of aliphatic hydroxyl groups excluding tert-OH is 1. The Bertz CT molecular complexity index is 548. The molecule has 2 fully saturated rings. The Kier molecular flexibility index (Phi) is 4.98. The van der Waals surface area contributed by atoms with Crippen LogP contribution in [0.4, 0.5) is 0 Å². The van der Waals surface area contributed by atoms with Gasteiger partial charge < -0.3 is 15.2 Å². The van der Waals surface area contributed by atoms with Crippen LogP contribution in [0.5, 0.6) is 5.88 Å². The molecule has 2 N–H and O–H groups in total. The van der Waals surface area contributed by atoms with Gasteiger partial charge in [0, 0.05) is 6.07 Å². The molecule has 120 valence electrons. The minimum Gasteiger partial charge on any atom is -0.477 e. The zero-order chi connectivity index (χ0) is 15.5. The van der Waals surface area contributed by atoms with E-state index in [1.807, 2.05) is 0 Å². The molecule has 0 bridgehead atoms. The molecule has 0 radical (unpaired) electrons. The van der Waals surface area contributed by atoms with E-state index in [9.17, 15) is 9.90 Å². The van der Waals surface area contributed by atoms with E-state index in [1.54, 1.807) is 12.1 Å². The first kappa shape index (κ1) is 15.7. The second-order valence-corrected chi connectivity index (χ2v) is 6.93. The van der Waals surface area contributed by atoms with Crippen molar-refractivity contribution in [1.82, 2.24) is 10.3 Å². The lowest BCUT2D eigenvalue weighted by Crippen LogP contribution is -2.45. The molecule has 2 aliphatic carbocycles. The average molecular weight is 369 g/mol. The van der Waals surface area contributed by atoms with Crippen LogP contribution in [0.3, 0.4) is 0 Å². The number of hydrogen-bond donors (Lipinski definition) is 2. The number of amides is 1. The van der Waals surface area contributed by atoms with E-state index < -0.39 is 6.10 Å². The van der Waals surface area contributed by atoms with E-state index in [-0.39, 0.29) is 11.9 Å². The van der Waals surface area contributed by atoms with Crippen LogP contribution in [0.2, 0.25) is 0 Å². The van der Waals surface area contributed by atoms with Crippen LogP contribution < -0.4 is 10.1 Å². The van der Waals surface area contributed by atoms with Crippen LogP contribution in [0.25, 0.3) is 0 Å². The topological polar surface area (TPSA) is 71.5 Å². The Morgan fingerprint density at radius 1 is 1.32 bits per heavy atom. The van der Waals surface area contributed by atoms with Crippen molar-refractivity contribution in [3.8, 4) is 5.88 Å². The number of aromatic nitrogens is 1. The molecule has 22 heavy (non-hydrogen) atoms. The lowest BCUT2D eigenvalue weighted by Gasteiger charge is -2.28. The highest BCUT2D eigenvalue weighted by Gasteiger charge is 2.26. The summed E-state index contributed by atoms with van der Waals surface area (Å²) in [6.07, 6.45) is 5.63. The van der Waals surface area contributed by atoms with Gasteiger partial charge in [-0.2, -0.15) is 0 Å². The molecule has 2 atom stereocenters. The fourth-order valence-corrected chi connectivity index (χ4v) is 3.17. The van der Waals surface area contributed by atoms with E-state index in [4.69, 9.17) is 4.74 Å². The summed E-state index contributed by atoms with van der Waals surface area (Å²) >= 11 is 3.34. The number of carbonyl (C=O) groups is 1. The van der Waals surface area contributed by atoms with E-state index in [1.165, 1.54) is 12.8 Å². The summed E-state index contributed by atoms with van der Waals surface area (Å²) in [5, 5.41) is 12.8. The lowest BCUT2D eigenvalue weighted by atomic mass is 9.92. The van der Waals surface area contributed by atoms with E-state index in [0.717, 1.165) is 25.7 Å². The molecule has 3 rings (SSSR count). The van der Waals surface area contributed by atoms with Crippen LogP contribution in [-0.2, 0) is 0 Å². The Hall–Kier alpha value is -1.14. The van der Waals surface area contributed by atoms with Gasteiger partial charge in [0.2, 0.25) is 5.88 Å². The Balaban J connectivity index is 1.61. The molecule has 0 spiro atoms. The number of nitrogens with one attached hydrogen (secondary N) is 1. The van der Waals surface area contributed by atoms with Gasteiger partial charge in [0.15, 0.2) is 0 Å². The highest BCUT2D eigenvalue weighted by molar-refractivity contribution is 9.10. The third kappa shape index (κ3) is 3.98. The molecule has 1 amide bonds. The fourth-order valence-electron chi connectivity index (χ4n) is 2.68. The molecular weight excluding hydrogens is 348 g/mol. The third-order valence-electron chi connectivity index (χ3n) is 4.28. The first-order valence-electron chi connectivity index (χ1n) is 7.92. The smallest absolute Gasteiger partial charge is 0.254 e. The Labute approximate surface area is 138 Å². The minimum atomic E-state index is -0.453. The van der Waals surface area contributed by atoms with Crippen molar-refractivity contribution in [1.29, 1.82) is 0 Å². The summed E-state index contributed by atoms with van der Waals surface area (Å²) in [5.74, 6) is 0.989. The van der Waals surface area contributed by atoms with Crippen LogP contribution in [0, 0.1) is 5.92 Å². The summed E-state index contributed by atoms with van der Waals surface area (Å²) in [6.45, 7) is 0.694. The maximum atomic E-state index is 12.3. The summed E-state index contributed by atoms with van der Waals surface area (Å²) in [5.41, 5.74) is 0.469. The predicted octanol–water partition coefficient (Wildman–Crippen LogP) is 2.67. The van der Waals surface area contributed by atoms with Gasteiger partial charge in [-0.05, 0) is 53.6 Å². The normalized spacial score (nSPS) is 24.8. The molecule has 2 aliphatic rings. The first-order chi connectivity index (χ1) is 10.6. The molecule has 6 heteroatoms. The number of nitrogens with zero attached hydrogens (tertiary/aromatic N) is 1. The summed E-state index contributed by atoms with van der Waals surface area (Å²) in [7, 11) is 0. The van der Waals surface area contributed by atoms with Gasteiger partial charge >= 0.3 is 0 Å². The van der Waals surface area contributed by atoms with Crippen LogP contribution in [0.15, 0.2) is 16.7 Å². The summed E-state index contributed by atoms with van der Waals surface area (Å²) in [4.78, 5) is 16.6. The second-order valence-electron chi connectivity index (χ2n) is 6.17. The molecule has 5 nitrogen and oxygen atoms in total. The van der Waals surface area contributed by atoms with E-state index in [2.05, 4.69) is 26.2 Å². The number of rotatable bonds is 5. The molecule has 0 saturated heterocycles. The maximum absolute atomic E-state index is 12.3. The summed E-state index contributed by atoms with van der Waals surface area (Å²) < 4.78 is 6.08. The van der Waals surface area contributed by atoms with Gasteiger partial charge in [0.05, 0.1) is 24.3 Å². The number of ether oxygens (including phenoxy) is 1. The zero-order valence-corrected chi connectivity index (χ0v) is 14.0. The number of aliphatic hydroxyl groups is 1. The van der Waals surface area contributed by atoms with Crippen molar-refractivity contribution in [3.05, 3.63) is 22.3 Å². The molecule has 1 aromatic heterocycles. The molecule has 0 aromatic carbocycles. The number of hydrogen-bond acceptors (Lipinski definition) is 4. The molecule has 2 saturated carbocycles. The van der Waals surface area contributed by atoms with Gasteiger partial charge in [-0.3, -0.25) is 4.79 Å². The van der Waals surface area contributed by atoms with Crippen molar-refractivity contribution in [2.45, 2.75) is 50.7 Å². The molecule has 0 aliphatic heterocycles. The lowest BCUT2D eigenvalue weighted by molar-refractivity contribution is 0.0716. The van der Waals surface area contributed by atoms with Crippen LogP contribution in [-0.4, -0.2) is 34.8 Å². The van der Waals surface area contributed by atoms with Gasteiger partial charge in [-0.15, -0.1) is 0 Å². The molecular formula is C16H21BrN2O3. The van der Waals surface area contributed by atoms with Crippen LogP contribution in [0.1, 0.15) is 48.9 Å². The average Bonchev–Trinajstić information content (AvgIpc) is 3.32. The van der Waals surface area contributed by atoms with E-state index >= 15 is 0 Å². The number of pyridine rings is 1. The van der Waals surface area contributed by atoms with Gasteiger partial charge in [-0.1, -0.05) is 12.8 Å². The first-order valence-corrected chi connectivity index (χ1v) is 8.71. The van der Waals surface area contributed by atoms with Crippen molar-refractivity contribution < 1.29 is 14.6 Å². The van der Waals surface area contributed by atoms with Crippen LogP contribution >= 0.6 is 15.9 Å². The minimum absolute atomic E-state index is 0.168. The molecule has 1 aromatic rings. The zero-order valence-electron chi connectivity index (χ0n) is 12.4. The highest BCUT2D eigenvalue weighted by atomic mass is 79.9. The van der Waals surface area contributed by atoms with Gasteiger partial charge in [0.1, 0.15) is 4.60 Å². The number of carbonyl (C=O) groups excluding carboxylic acids is 1. The standard InChI is InChI=1S/C16H21BrN2O3/c17-15-11(7-8-14(19-15)22-9-10-5-6-10)16(21)18-12-3-1-2-4-13(12)20/h7-8,10,12-13,20H,1-6,9H2,(H,18,21)/t12-,13-/m1/s1. The fraction of sp³-hybridized carbons (Fsp3) is 0.625. The number of halogens is 1. The maximum Gasteiger partial charge on any atom is 0.254 e. The quantitative estimate of drug-likeness (QED) is 0.783. The van der Waals surface area contributed by atoms with Gasteiger partial charge in [-0.25, -0.2) is 4.98 Å². The van der Waals surface area contributed by atoms with Crippen molar-refractivity contribution >= 4 is 21.8 Å². The summed E-state index contributed by atoms with van der Waals surface area (Å²) in [6, 6.07) is 3.27. The SMILES string of the molecule is O=C(N[C@@H]1CCCC[C@H]1O)c1ccc(OCC2CC2)nc1Br.